The Balaban J connectivity index is 0.000000165. The van der Waals surface area contributed by atoms with Crippen LogP contribution >= 0.6 is 0 Å². The molecule has 1 N–H and O–H groups in total. The molecular weight excluding hydrogens is 440 g/mol. The van der Waals surface area contributed by atoms with E-state index in [1.54, 1.807) is 48.5 Å². The van der Waals surface area contributed by atoms with Crippen molar-refractivity contribution in [2.75, 3.05) is 0 Å². The number of carboxylic acids is 1. The Kier molecular flexibility index (Phi) is 7.28. The van der Waals surface area contributed by atoms with Crippen molar-refractivity contribution in [3.05, 3.63) is 142 Å². The molecule has 0 saturated heterocycles. The van der Waals surface area contributed by atoms with Gasteiger partial charge in [0.05, 0.1) is 10.9 Å². The number of hydrogen-bond acceptors (Lipinski definition) is 4. The van der Waals surface area contributed by atoms with Crippen LogP contribution < -0.4 is 5.63 Å². The van der Waals surface area contributed by atoms with E-state index in [1.807, 2.05) is 60.7 Å². The molecule has 5 heteroatoms. The molecule has 1 aromatic heterocycles. The minimum absolute atomic E-state index is 0.0794. The van der Waals surface area contributed by atoms with Gasteiger partial charge in [-0.05, 0) is 29.1 Å². The van der Waals surface area contributed by atoms with Gasteiger partial charge in [-0.1, -0.05) is 97.1 Å². The standard InChI is InChI=1S/C15H12O3.C15H10O2/c16-14(11-6-2-1-3-7-11)10-12-8-4-5-9-13(12)15(17)18;16-15-13-9-5-4-8-12(13)10-14(17-15)11-6-2-1-3-7-11/h1-9H,10H2,(H,17,18);1-10H. The molecule has 0 saturated carbocycles. The van der Waals surface area contributed by atoms with Crippen molar-refractivity contribution < 1.29 is 19.1 Å². The molecule has 0 atom stereocenters. The van der Waals surface area contributed by atoms with Gasteiger partial charge in [-0.25, -0.2) is 9.59 Å². The summed E-state index contributed by atoms with van der Waals surface area (Å²) in [6, 6.07) is 34.4. The highest BCUT2D eigenvalue weighted by molar-refractivity contribution is 5.99. The first-order valence-corrected chi connectivity index (χ1v) is 11.0. The third-order valence-electron chi connectivity index (χ3n) is 5.42. The molecule has 0 bridgehead atoms. The van der Waals surface area contributed by atoms with Gasteiger partial charge in [0, 0.05) is 17.5 Å². The average Bonchev–Trinajstić information content (AvgIpc) is 2.90. The molecule has 0 radical (unpaired) electrons. The molecule has 5 aromatic rings. The number of benzene rings is 4. The summed E-state index contributed by atoms with van der Waals surface area (Å²) in [5.41, 5.74) is 1.94. The van der Waals surface area contributed by atoms with Crippen LogP contribution in [-0.2, 0) is 6.42 Å². The van der Waals surface area contributed by atoms with E-state index in [2.05, 4.69) is 0 Å². The lowest BCUT2D eigenvalue weighted by Crippen LogP contribution is -2.08. The number of hydrogen-bond donors (Lipinski definition) is 1. The van der Waals surface area contributed by atoms with Crippen LogP contribution in [0.3, 0.4) is 0 Å². The maximum Gasteiger partial charge on any atom is 0.344 e. The normalized spacial score (nSPS) is 10.3. The Bertz CT molecular complexity index is 1520. The van der Waals surface area contributed by atoms with Gasteiger partial charge in [-0.15, -0.1) is 0 Å². The first-order chi connectivity index (χ1) is 17.0. The van der Waals surface area contributed by atoms with Crippen molar-refractivity contribution in [1.82, 2.24) is 0 Å². The van der Waals surface area contributed by atoms with Crippen molar-refractivity contribution >= 4 is 22.5 Å². The molecule has 4 aromatic carbocycles. The molecule has 0 aliphatic heterocycles. The maximum absolute atomic E-state index is 12.0. The van der Waals surface area contributed by atoms with Gasteiger partial charge >= 0.3 is 11.6 Å². The van der Waals surface area contributed by atoms with Crippen LogP contribution in [0.2, 0.25) is 0 Å². The minimum atomic E-state index is -1.01. The molecule has 0 aliphatic rings. The number of Topliss-reactive ketones (excluding diaryl/α,β-unsaturated/α-hetero) is 1. The summed E-state index contributed by atoms with van der Waals surface area (Å²) in [6.07, 6.45) is 0.104. The lowest BCUT2D eigenvalue weighted by atomic mass is 9.99. The highest BCUT2D eigenvalue weighted by Crippen LogP contribution is 2.21. The quantitative estimate of drug-likeness (QED) is 0.311. The van der Waals surface area contributed by atoms with E-state index in [4.69, 9.17) is 9.52 Å². The third-order valence-corrected chi connectivity index (χ3v) is 5.42. The fourth-order valence-electron chi connectivity index (χ4n) is 3.66. The number of aromatic carboxylic acids is 1. The summed E-state index contributed by atoms with van der Waals surface area (Å²) >= 11 is 0. The fraction of sp³-hybridized carbons (Fsp3) is 0.0333. The highest BCUT2D eigenvalue weighted by Gasteiger charge is 2.13. The number of ketones is 1. The second kappa shape index (κ2) is 10.9. The predicted octanol–water partition coefficient (Wildman–Crippen LogP) is 6.27. The minimum Gasteiger partial charge on any atom is -0.478 e. The first-order valence-electron chi connectivity index (χ1n) is 11.0. The molecule has 0 aliphatic carbocycles. The number of carboxylic acid groups (broad SMARTS) is 1. The Morgan fingerprint density at radius 3 is 2.03 bits per heavy atom. The lowest BCUT2D eigenvalue weighted by molar-refractivity contribution is 0.0696. The van der Waals surface area contributed by atoms with Crippen LogP contribution in [-0.4, -0.2) is 16.9 Å². The van der Waals surface area contributed by atoms with Crippen LogP contribution in [0.4, 0.5) is 0 Å². The predicted molar refractivity (Wildman–Crippen MR) is 136 cm³/mol. The summed E-state index contributed by atoms with van der Waals surface area (Å²) in [5.74, 6) is -0.481. The average molecular weight is 463 g/mol. The molecule has 0 unspecified atom stereocenters. The monoisotopic (exact) mass is 462 g/mol. The zero-order chi connectivity index (χ0) is 24.6. The van der Waals surface area contributed by atoms with Gasteiger partial charge in [-0.2, -0.15) is 0 Å². The molecule has 0 amide bonds. The smallest absolute Gasteiger partial charge is 0.344 e. The molecular formula is C30H22O5. The Morgan fingerprint density at radius 2 is 1.31 bits per heavy atom. The number of fused-ring (bicyclic) bond motifs is 1. The number of rotatable bonds is 5. The summed E-state index contributed by atoms with van der Waals surface area (Å²) in [5, 5.41) is 10.6. The van der Waals surface area contributed by atoms with Crippen LogP contribution in [0, 0.1) is 0 Å². The molecule has 0 fully saturated rings. The molecule has 172 valence electrons. The second-order valence-corrected chi connectivity index (χ2v) is 7.78. The van der Waals surface area contributed by atoms with E-state index in [1.165, 1.54) is 6.07 Å². The zero-order valence-corrected chi connectivity index (χ0v) is 18.8. The van der Waals surface area contributed by atoms with E-state index >= 15 is 0 Å². The summed E-state index contributed by atoms with van der Waals surface area (Å²) in [4.78, 5) is 34.8. The summed E-state index contributed by atoms with van der Waals surface area (Å²) < 4.78 is 5.32. The largest absolute Gasteiger partial charge is 0.478 e. The molecule has 0 spiro atoms. The highest BCUT2D eigenvalue weighted by atomic mass is 16.4. The molecule has 5 nitrogen and oxygen atoms in total. The third kappa shape index (κ3) is 5.78. The van der Waals surface area contributed by atoms with E-state index in [9.17, 15) is 14.4 Å². The summed E-state index contributed by atoms with van der Waals surface area (Å²) in [7, 11) is 0. The van der Waals surface area contributed by atoms with Crippen LogP contribution in [0.5, 0.6) is 0 Å². The molecule has 5 rings (SSSR count). The number of carbonyl (C=O) groups is 2. The first kappa shape index (κ1) is 23.4. The van der Waals surface area contributed by atoms with Crippen molar-refractivity contribution in [2.45, 2.75) is 6.42 Å². The van der Waals surface area contributed by atoms with Gasteiger partial charge in [0.1, 0.15) is 5.76 Å². The summed E-state index contributed by atoms with van der Waals surface area (Å²) in [6.45, 7) is 0. The van der Waals surface area contributed by atoms with Gasteiger partial charge in [0.15, 0.2) is 5.78 Å². The van der Waals surface area contributed by atoms with Crippen molar-refractivity contribution in [3.63, 3.8) is 0 Å². The zero-order valence-electron chi connectivity index (χ0n) is 18.8. The topological polar surface area (TPSA) is 84.6 Å². The number of carbonyl (C=O) groups excluding carboxylic acids is 1. The van der Waals surface area contributed by atoms with Crippen LogP contribution in [0.15, 0.2) is 124 Å². The van der Waals surface area contributed by atoms with E-state index in [0.717, 1.165) is 10.9 Å². The van der Waals surface area contributed by atoms with E-state index in [0.29, 0.717) is 22.3 Å². The van der Waals surface area contributed by atoms with Crippen molar-refractivity contribution in [2.24, 2.45) is 0 Å². The van der Waals surface area contributed by atoms with Crippen LogP contribution in [0.1, 0.15) is 26.3 Å². The van der Waals surface area contributed by atoms with E-state index < -0.39 is 5.97 Å². The van der Waals surface area contributed by atoms with Gasteiger partial charge in [-0.3, -0.25) is 4.79 Å². The van der Waals surface area contributed by atoms with Gasteiger partial charge in [0.2, 0.25) is 0 Å². The fourth-order valence-corrected chi connectivity index (χ4v) is 3.66. The SMILES string of the molecule is O=C(Cc1ccccc1C(=O)O)c1ccccc1.O=c1oc(-c2ccccc2)cc2ccccc12. The van der Waals surface area contributed by atoms with Crippen molar-refractivity contribution in [1.29, 1.82) is 0 Å². The maximum atomic E-state index is 12.0. The molecule has 1 heterocycles. The lowest BCUT2D eigenvalue weighted by Gasteiger charge is -2.05. The van der Waals surface area contributed by atoms with Gasteiger partial charge in [0.25, 0.3) is 0 Å². The Hall–Kier alpha value is -4.77. The molecule has 35 heavy (non-hydrogen) atoms. The van der Waals surface area contributed by atoms with Crippen LogP contribution in [0.25, 0.3) is 22.1 Å². The van der Waals surface area contributed by atoms with Crippen molar-refractivity contribution in [3.8, 4) is 11.3 Å². The Morgan fingerprint density at radius 1 is 0.714 bits per heavy atom. The Labute approximate surface area is 201 Å². The van der Waals surface area contributed by atoms with Gasteiger partial charge < -0.3 is 9.52 Å². The van der Waals surface area contributed by atoms with E-state index in [-0.39, 0.29) is 23.4 Å². The second-order valence-electron chi connectivity index (χ2n) is 7.78.